The molecule has 0 radical (unpaired) electrons. The summed E-state index contributed by atoms with van der Waals surface area (Å²) in [7, 11) is -1.13. The van der Waals surface area contributed by atoms with Gasteiger partial charge in [0.15, 0.2) is 5.16 Å². The summed E-state index contributed by atoms with van der Waals surface area (Å²) in [4.78, 5) is 6.96. The van der Waals surface area contributed by atoms with Crippen molar-refractivity contribution in [1.82, 2.24) is 9.97 Å². The Bertz CT molecular complexity index is 540. The number of hydrogen-bond donors (Lipinski definition) is 2. The maximum atomic E-state index is 12.2. The molecule has 4 nitrogen and oxygen atoms in total. The Morgan fingerprint density at radius 3 is 2.90 bits per heavy atom. The minimum atomic E-state index is -1.13. The summed E-state index contributed by atoms with van der Waals surface area (Å²) in [5, 5.41) is 3.97. The maximum Gasteiger partial charge on any atom is 0.196 e. The van der Waals surface area contributed by atoms with E-state index >= 15 is 0 Å². The second-order valence-corrected chi connectivity index (χ2v) is 6.04. The summed E-state index contributed by atoms with van der Waals surface area (Å²) in [6, 6.07) is 8.04. The van der Waals surface area contributed by atoms with E-state index in [1.54, 1.807) is 12.4 Å². The Morgan fingerprint density at radius 1 is 1.30 bits per heavy atom. The number of anilines is 1. The average molecular weight is 291 g/mol. The predicted octanol–water partition coefficient (Wildman–Crippen LogP) is 3.32. The minimum Gasteiger partial charge on any atom is -0.385 e. The third kappa shape index (κ3) is 4.20. The predicted molar refractivity (Wildman–Crippen MR) is 83.2 cm³/mol. The van der Waals surface area contributed by atoms with Crippen LogP contribution in [0.4, 0.5) is 5.69 Å². The highest BCUT2D eigenvalue weighted by molar-refractivity contribution is 7.84. The lowest BCUT2D eigenvalue weighted by Gasteiger charge is -2.11. The van der Waals surface area contributed by atoms with Crippen molar-refractivity contribution in [3.63, 3.8) is 0 Å². The van der Waals surface area contributed by atoms with Crippen LogP contribution < -0.4 is 5.32 Å². The molecule has 2 N–H and O–H groups in total. The van der Waals surface area contributed by atoms with E-state index < -0.39 is 10.8 Å². The summed E-state index contributed by atoms with van der Waals surface area (Å²) in [6.07, 6.45) is 6.93. The van der Waals surface area contributed by atoms with Crippen molar-refractivity contribution >= 4 is 16.5 Å². The number of rotatable bonds is 8. The van der Waals surface area contributed by atoms with E-state index in [-0.39, 0.29) is 0 Å². The van der Waals surface area contributed by atoms with Crippen LogP contribution in [-0.4, -0.2) is 20.7 Å². The van der Waals surface area contributed by atoms with E-state index in [1.807, 2.05) is 24.3 Å². The van der Waals surface area contributed by atoms with Crippen LogP contribution in [0.1, 0.15) is 31.7 Å². The molecule has 108 valence electrons. The molecule has 0 amide bonds. The highest BCUT2D eigenvalue weighted by atomic mass is 32.2. The largest absolute Gasteiger partial charge is 0.385 e. The Morgan fingerprint density at radius 2 is 2.15 bits per heavy atom. The molecule has 0 aliphatic rings. The van der Waals surface area contributed by atoms with E-state index in [0.29, 0.717) is 10.9 Å². The minimum absolute atomic E-state index is 0.477. The van der Waals surface area contributed by atoms with Crippen LogP contribution in [0.3, 0.4) is 0 Å². The molecule has 1 heterocycles. The van der Waals surface area contributed by atoms with Gasteiger partial charge in [-0.2, -0.15) is 0 Å². The quantitative estimate of drug-likeness (QED) is 0.734. The third-order valence-electron chi connectivity index (χ3n) is 3.09. The van der Waals surface area contributed by atoms with Crippen molar-refractivity contribution in [2.24, 2.45) is 0 Å². The lowest BCUT2D eigenvalue weighted by molar-refractivity contribution is 0.677. The molecule has 0 saturated heterocycles. The topological polar surface area (TPSA) is 57.8 Å². The van der Waals surface area contributed by atoms with Crippen LogP contribution in [-0.2, 0) is 16.6 Å². The Hall–Kier alpha value is -1.62. The van der Waals surface area contributed by atoms with Gasteiger partial charge in [-0.3, -0.25) is 4.21 Å². The molecule has 2 rings (SSSR count). The van der Waals surface area contributed by atoms with Crippen molar-refractivity contribution in [1.29, 1.82) is 0 Å². The van der Waals surface area contributed by atoms with Gasteiger partial charge in [-0.1, -0.05) is 38.0 Å². The van der Waals surface area contributed by atoms with Gasteiger partial charge < -0.3 is 10.3 Å². The Balaban J connectivity index is 1.98. The zero-order valence-electron chi connectivity index (χ0n) is 11.8. The van der Waals surface area contributed by atoms with Crippen LogP contribution in [0, 0.1) is 0 Å². The Kier molecular flexibility index (Phi) is 5.80. The number of aromatic amines is 1. The number of aromatic nitrogens is 2. The van der Waals surface area contributed by atoms with Crippen LogP contribution >= 0.6 is 0 Å². The molecule has 1 aromatic carbocycles. The van der Waals surface area contributed by atoms with E-state index in [2.05, 4.69) is 22.2 Å². The average Bonchev–Trinajstić information content (AvgIpc) is 2.99. The summed E-state index contributed by atoms with van der Waals surface area (Å²) < 4.78 is 12.2. The zero-order chi connectivity index (χ0) is 14.2. The van der Waals surface area contributed by atoms with Gasteiger partial charge in [0.25, 0.3) is 0 Å². The number of hydrogen-bond acceptors (Lipinski definition) is 3. The normalized spacial score (nSPS) is 12.2. The number of imidazole rings is 1. The second-order valence-electron chi connectivity index (χ2n) is 4.68. The molecule has 5 heteroatoms. The van der Waals surface area contributed by atoms with Crippen molar-refractivity contribution < 1.29 is 4.21 Å². The smallest absolute Gasteiger partial charge is 0.196 e. The molecule has 0 aliphatic heterocycles. The lowest BCUT2D eigenvalue weighted by atomic mass is 10.2. The van der Waals surface area contributed by atoms with Gasteiger partial charge in [-0.25, -0.2) is 4.98 Å². The molecule has 1 unspecified atom stereocenters. The lowest BCUT2D eigenvalue weighted by Crippen LogP contribution is -2.06. The monoisotopic (exact) mass is 291 g/mol. The van der Waals surface area contributed by atoms with Crippen LogP contribution in [0.5, 0.6) is 0 Å². The first-order chi connectivity index (χ1) is 9.81. The van der Waals surface area contributed by atoms with Crippen LogP contribution in [0.15, 0.2) is 41.8 Å². The van der Waals surface area contributed by atoms with Crippen molar-refractivity contribution in [3.8, 4) is 0 Å². The standard InChI is InChI=1S/C15H21N3OS/c1-2-3-6-9-16-14-8-5-4-7-13(14)12-20(19)15-17-10-11-18-15/h4-5,7-8,10-11,16H,2-3,6,9,12H2,1H3,(H,17,18). The van der Waals surface area contributed by atoms with Gasteiger partial charge in [0.1, 0.15) is 0 Å². The number of nitrogens with one attached hydrogen (secondary N) is 2. The highest BCUT2D eigenvalue weighted by Gasteiger charge is 2.10. The van der Waals surface area contributed by atoms with Crippen LogP contribution in [0.2, 0.25) is 0 Å². The number of unbranched alkanes of at least 4 members (excludes halogenated alkanes) is 2. The molecule has 0 aliphatic carbocycles. The summed E-state index contributed by atoms with van der Waals surface area (Å²) in [5.74, 6) is 0.477. The first kappa shape index (κ1) is 14.8. The van der Waals surface area contributed by atoms with Crippen molar-refractivity contribution in [2.75, 3.05) is 11.9 Å². The fourth-order valence-electron chi connectivity index (χ4n) is 2.00. The summed E-state index contributed by atoms with van der Waals surface area (Å²) in [6.45, 7) is 3.15. The number of nitrogens with zero attached hydrogens (tertiary/aromatic N) is 1. The Labute approximate surface area is 122 Å². The van der Waals surface area contributed by atoms with Gasteiger partial charge in [0.05, 0.1) is 16.6 Å². The van der Waals surface area contributed by atoms with Gasteiger partial charge in [-0.15, -0.1) is 0 Å². The van der Waals surface area contributed by atoms with Crippen molar-refractivity contribution in [2.45, 2.75) is 37.1 Å². The highest BCUT2D eigenvalue weighted by Crippen LogP contribution is 2.18. The molecule has 2 aromatic rings. The number of benzene rings is 1. The molecule has 1 atom stereocenters. The molecular weight excluding hydrogens is 270 g/mol. The molecule has 0 saturated carbocycles. The zero-order valence-corrected chi connectivity index (χ0v) is 12.6. The molecule has 20 heavy (non-hydrogen) atoms. The van der Waals surface area contributed by atoms with Gasteiger partial charge in [0.2, 0.25) is 0 Å². The van der Waals surface area contributed by atoms with Gasteiger partial charge in [0, 0.05) is 24.6 Å². The SMILES string of the molecule is CCCCCNc1ccccc1CS(=O)c1ncc[nH]1. The van der Waals surface area contributed by atoms with Crippen LogP contribution in [0.25, 0.3) is 0 Å². The number of H-pyrrole nitrogens is 1. The van der Waals surface area contributed by atoms with Crippen molar-refractivity contribution in [3.05, 3.63) is 42.2 Å². The second kappa shape index (κ2) is 7.85. The van der Waals surface area contributed by atoms with E-state index in [1.165, 1.54) is 12.8 Å². The van der Waals surface area contributed by atoms with Gasteiger partial charge in [-0.05, 0) is 18.1 Å². The fraction of sp³-hybridized carbons (Fsp3) is 0.400. The molecule has 0 fully saturated rings. The van der Waals surface area contributed by atoms with E-state index in [9.17, 15) is 4.21 Å². The molecule has 0 spiro atoms. The van der Waals surface area contributed by atoms with Gasteiger partial charge >= 0.3 is 0 Å². The molecular formula is C15H21N3OS. The fourth-order valence-corrected chi connectivity index (χ4v) is 3.05. The molecule has 1 aromatic heterocycles. The maximum absolute atomic E-state index is 12.2. The van der Waals surface area contributed by atoms with E-state index in [0.717, 1.165) is 24.2 Å². The first-order valence-corrected chi connectivity index (χ1v) is 8.32. The summed E-state index contributed by atoms with van der Waals surface area (Å²) in [5.41, 5.74) is 2.14. The first-order valence-electron chi connectivity index (χ1n) is 7.00. The molecule has 0 bridgehead atoms. The third-order valence-corrected chi connectivity index (χ3v) is 4.32. The van der Waals surface area contributed by atoms with E-state index in [4.69, 9.17) is 0 Å². The summed E-state index contributed by atoms with van der Waals surface area (Å²) >= 11 is 0. The number of para-hydroxylation sites is 1.